The first-order valence-corrected chi connectivity index (χ1v) is 14.6. The predicted octanol–water partition coefficient (Wildman–Crippen LogP) is 7.72. The maximum absolute atomic E-state index is 15.1. The zero-order valence-electron chi connectivity index (χ0n) is 24.3. The Hall–Kier alpha value is -3.59. The van der Waals surface area contributed by atoms with E-state index in [1.807, 2.05) is 38.1 Å². The van der Waals surface area contributed by atoms with Gasteiger partial charge in [-0.2, -0.15) is 0 Å². The van der Waals surface area contributed by atoms with E-state index in [4.69, 9.17) is 0 Å². The van der Waals surface area contributed by atoms with Crippen molar-refractivity contribution in [3.8, 4) is 0 Å². The molecule has 0 saturated carbocycles. The zero-order valence-corrected chi connectivity index (χ0v) is 25.2. The molecule has 230 valence electrons. The molecule has 4 rings (SSSR count). The van der Waals surface area contributed by atoms with Crippen LogP contribution in [0.2, 0.25) is 0 Å². The van der Waals surface area contributed by atoms with Crippen LogP contribution in [0.15, 0.2) is 36.1 Å². The molecule has 44 heavy (non-hydrogen) atoms. The Kier molecular flexibility index (Phi) is 9.41. The highest BCUT2D eigenvalue weighted by Crippen LogP contribution is 2.41. The molecule has 0 nitrogen and oxygen atoms in total. The molecule has 0 N–H and O–H groups in total. The second-order valence-corrected chi connectivity index (χ2v) is 12.6. The molecule has 0 atom stereocenters. The minimum atomic E-state index is -2.62. The van der Waals surface area contributed by atoms with Crippen LogP contribution in [0, 0.1) is 99.7 Å². The van der Waals surface area contributed by atoms with Crippen LogP contribution in [-0.4, -0.2) is 6.71 Å². The summed E-state index contributed by atoms with van der Waals surface area (Å²) in [5.74, 6) is -22.8. The minimum Gasteiger partial charge on any atom is -0.204 e. The third-order valence-electron chi connectivity index (χ3n) is 7.29. The third kappa shape index (κ3) is 5.67. The van der Waals surface area contributed by atoms with Crippen LogP contribution in [0.5, 0.6) is 0 Å². The molecule has 0 unspecified atom stereocenters. The van der Waals surface area contributed by atoms with Crippen LogP contribution >= 0.6 is 7.92 Å². The van der Waals surface area contributed by atoms with Crippen LogP contribution in [0.25, 0.3) is 0 Å². The molecule has 0 aromatic heterocycles. The summed E-state index contributed by atoms with van der Waals surface area (Å²) in [5.41, 5.74) is 1.32. The molecule has 0 radical (unpaired) electrons. The van der Waals surface area contributed by atoms with Crippen LogP contribution in [0.3, 0.4) is 0 Å². The van der Waals surface area contributed by atoms with E-state index >= 15 is 17.6 Å². The van der Waals surface area contributed by atoms with E-state index in [1.54, 1.807) is 27.7 Å². The molecule has 4 aromatic carbocycles. The zero-order chi connectivity index (χ0) is 32.9. The Morgan fingerprint density at radius 3 is 0.955 bits per heavy atom. The fourth-order valence-electron chi connectivity index (χ4n) is 5.66. The summed E-state index contributed by atoms with van der Waals surface area (Å²) >= 11 is 0. The summed E-state index contributed by atoms with van der Waals surface area (Å²) in [5, 5.41) is 1.43. The number of benzene rings is 4. The van der Waals surface area contributed by atoms with Crippen LogP contribution in [-0.2, 0) is 0 Å². The fraction of sp³-hybridized carbons (Fsp3) is 0.188. The van der Waals surface area contributed by atoms with Gasteiger partial charge >= 0.3 is 0 Å². The van der Waals surface area contributed by atoms with Gasteiger partial charge in [-0.05, 0) is 82.3 Å². The van der Waals surface area contributed by atoms with Gasteiger partial charge in [0.1, 0.15) is 0 Å². The van der Waals surface area contributed by atoms with Crippen molar-refractivity contribution in [3.05, 3.63) is 128 Å². The van der Waals surface area contributed by atoms with Gasteiger partial charge in [0.15, 0.2) is 58.2 Å². The van der Waals surface area contributed by atoms with E-state index in [9.17, 15) is 26.3 Å². The number of hydrogen-bond acceptors (Lipinski definition) is 0. The maximum atomic E-state index is 15.1. The fourth-order valence-corrected chi connectivity index (χ4v) is 8.31. The van der Waals surface area contributed by atoms with Gasteiger partial charge in [0.2, 0.25) is 6.71 Å². The first-order chi connectivity index (χ1) is 20.5. The average molecular weight is 640 g/mol. The van der Waals surface area contributed by atoms with Crippen LogP contribution in [0.4, 0.5) is 43.9 Å². The topological polar surface area (TPSA) is 0 Å². The Bertz CT molecular complexity index is 1620. The highest BCUT2D eigenvalue weighted by atomic mass is 31.1. The number of rotatable bonds is 6. The molecular weight excluding hydrogens is 616 g/mol. The Morgan fingerprint density at radius 1 is 0.432 bits per heavy atom. The van der Waals surface area contributed by atoms with E-state index in [0.29, 0.717) is 10.6 Å². The van der Waals surface area contributed by atoms with Crippen LogP contribution < -0.4 is 21.5 Å². The molecule has 0 bridgehead atoms. The number of hydrogen-bond donors (Lipinski definition) is 0. The quantitative estimate of drug-likeness (QED) is 0.0666. The Balaban J connectivity index is 2.14. The molecule has 0 aliphatic heterocycles. The van der Waals surface area contributed by atoms with Crippen molar-refractivity contribution in [1.82, 2.24) is 0 Å². The maximum Gasteiger partial charge on any atom is 0.250 e. The van der Waals surface area contributed by atoms with Gasteiger partial charge in [-0.3, -0.25) is 0 Å². The summed E-state index contributed by atoms with van der Waals surface area (Å²) in [7, 11) is -1.75. The van der Waals surface area contributed by atoms with Gasteiger partial charge in [0.05, 0.1) is 0 Å². The van der Waals surface area contributed by atoms with E-state index < -0.39 is 83.7 Å². The number of halogens is 10. The molecule has 0 heterocycles. The van der Waals surface area contributed by atoms with E-state index in [0.717, 1.165) is 39.4 Å². The highest BCUT2D eigenvalue weighted by molar-refractivity contribution is 7.76. The van der Waals surface area contributed by atoms with Gasteiger partial charge in [-0.25, -0.2) is 43.9 Å². The molecule has 12 heteroatoms. The SMILES string of the molecule is Cc1cc(C)c(P(/C=C/B(c2c(F)c(F)c(F)c(F)c2F)c2c(F)c(F)c(F)c(F)c2F)c2c(C)cc(C)cc2C)c(C)c1. The van der Waals surface area contributed by atoms with E-state index in [-0.39, 0.29) is 0 Å². The summed E-state index contributed by atoms with van der Waals surface area (Å²) in [6, 6.07) is 7.43. The molecule has 0 spiro atoms. The molecule has 0 amide bonds. The highest BCUT2D eigenvalue weighted by Gasteiger charge is 2.39. The van der Waals surface area contributed by atoms with E-state index in [2.05, 4.69) is 0 Å². The largest absolute Gasteiger partial charge is 0.250 e. The smallest absolute Gasteiger partial charge is 0.204 e. The van der Waals surface area contributed by atoms with Gasteiger partial charge in [0.25, 0.3) is 0 Å². The van der Waals surface area contributed by atoms with Crippen molar-refractivity contribution in [2.24, 2.45) is 0 Å². The van der Waals surface area contributed by atoms with Crippen molar-refractivity contribution in [3.63, 3.8) is 0 Å². The molecule has 0 aliphatic carbocycles. The van der Waals surface area contributed by atoms with Crippen LogP contribution in [0.1, 0.15) is 33.4 Å². The lowest BCUT2D eigenvalue weighted by atomic mass is 9.40. The lowest BCUT2D eigenvalue weighted by Gasteiger charge is -2.25. The van der Waals surface area contributed by atoms with Gasteiger partial charge < -0.3 is 0 Å². The molecule has 0 fully saturated rings. The molecule has 0 aliphatic rings. The predicted molar refractivity (Wildman–Crippen MR) is 154 cm³/mol. The average Bonchev–Trinajstić information content (AvgIpc) is 2.94. The molecule has 0 saturated heterocycles. The summed E-state index contributed by atoms with van der Waals surface area (Å²) in [4.78, 5) is 0. The Labute approximate surface area is 249 Å². The van der Waals surface area contributed by atoms with Crippen molar-refractivity contribution < 1.29 is 43.9 Å². The van der Waals surface area contributed by atoms with Gasteiger partial charge in [-0.1, -0.05) is 41.2 Å². The summed E-state index contributed by atoms with van der Waals surface area (Å²) < 4.78 is 146. The lowest BCUT2D eigenvalue weighted by Crippen LogP contribution is -2.49. The number of aryl methyl sites for hydroxylation is 6. The summed E-state index contributed by atoms with van der Waals surface area (Å²) in [6.45, 7) is 8.27. The third-order valence-corrected chi connectivity index (χ3v) is 10.1. The normalized spacial score (nSPS) is 11.8. The molecular formula is C32H24BF10P. The van der Waals surface area contributed by atoms with E-state index in [1.165, 1.54) is 5.82 Å². The second-order valence-electron chi connectivity index (χ2n) is 10.7. The summed E-state index contributed by atoms with van der Waals surface area (Å²) in [6.07, 6.45) is 0. The van der Waals surface area contributed by atoms with Crippen molar-refractivity contribution >= 4 is 36.2 Å². The van der Waals surface area contributed by atoms with Crippen molar-refractivity contribution in [1.29, 1.82) is 0 Å². The first kappa shape index (κ1) is 33.3. The second kappa shape index (κ2) is 12.4. The van der Waals surface area contributed by atoms with Crippen molar-refractivity contribution in [2.45, 2.75) is 41.5 Å². The standard InChI is InChI=1S/C32H24BF10P/c1-13-9-15(3)31(16(4)10-13)44(32-17(5)11-14(2)12-18(32)6)8-7-33(19-21(34)25(38)29(42)26(39)22(19)35)20-23(36)27(40)30(43)28(41)24(20)37/h7-12H,1-6H3/b8-7+. The van der Waals surface area contributed by atoms with Crippen molar-refractivity contribution in [2.75, 3.05) is 0 Å². The van der Waals surface area contributed by atoms with Gasteiger partial charge in [-0.15, -0.1) is 5.98 Å². The minimum absolute atomic E-state index is 0.713. The monoisotopic (exact) mass is 640 g/mol. The molecule has 4 aromatic rings. The first-order valence-electron chi connectivity index (χ1n) is 13.1. The van der Waals surface area contributed by atoms with Gasteiger partial charge in [0, 0.05) is 10.9 Å². The lowest BCUT2D eigenvalue weighted by molar-refractivity contribution is 0.382. The Morgan fingerprint density at radius 2 is 0.682 bits per heavy atom.